The third-order valence-corrected chi connectivity index (χ3v) is 6.95. The van der Waals surface area contributed by atoms with Crippen molar-refractivity contribution in [2.75, 3.05) is 27.8 Å². The highest BCUT2D eigenvalue weighted by atomic mass is 32.2. The fraction of sp³-hybridized carbons (Fsp3) is 0.182. The Hall–Kier alpha value is -3.77. The van der Waals surface area contributed by atoms with Crippen LogP contribution in [-0.4, -0.2) is 46.1 Å². The number of thioether (sulfide) groups is 1. The van der Waals surface area contributed by atoms with Gasteiger partial charge in [0.1, 0.15) is 0 Å². The predicted molar refractivity (Wildman–Crippen MR) is 130 cm³/mol. The number of nitrogens with zero attached hydrogens (tertiary/aromatic N) is 3. The average molecular weight is 497 g/mol. The second kappa shape index (κ2) is 10.4. The molecule has 4 rings (SSSR count). The van der Waals surface area contributed by atoms with E-state index in [0.717, 1.165) is 17.0 Å². The number of carbonyl (C=O) groups is 4. The molecule has 1 aromatic heterocycles. The summed E-state index contributed by atoms with van der Waals surface area (Å²) in [6.07, 6.45) is 0.127. The van der Waals surface area contributed by atoms with Gasteiger partial charge in [0.15, 0.2) is 4.34 Å². The number of para-hydroxylation sites is 1. The maximum atomic E-state index is 12.6. The molecule has 2 heterocycles. The monoisotopic (exact) mass is 496 g/mol. The molecule has 0 bridgehead atoms. The van der Waals surface area contributed by atoms with Crippen LogP contribution in [0.2, 0.25) is 0 Å². The van der Waals surface area contributed by atoms with E-state index in [1.807, 2.05) is 30.3 Å². The van der Waals surface area contributed by atoms with E-state index in [9.17, 15) is 19.2 Å². The topological polar surface area (TPSA) is 147 Å². The van der Waals surface area contributed by atoms with Crippen molar-refractivity contribution in [3.8, 4) is 0 Å². The number of hydrogen-bond acceptors (Lipinski definition) is 8. The van der Waals surface area contributed by atoms with Crippen LogP contribution in [0.1, 0.15) is 16.8 Å². The number of carbonyl (C=O) groups excluding carboxylic acids is 4. The lowest BCUT2D eigenvalue weighted by atomic mass is 10.1. The maximum absolute atomic E-state index is 12.6. The summed E-state index contributed by atoms with van der Waals surface area (Å²) in [7, 11) is 0. The molecule has 0 spiro atoms. The van der Waals surface area contributed by atoms with E-state index in [2.05, 4.69) is 20.8 Å². The number of nitrogens with two attached hydrogens (primary N) is 1. The van der Waals surface area contributed by atoms with E-state index >= 15 is 0 Å². The summed E-state index contributed by atoms with van der Waals surface area (Å²) in [5, 5.41) is 13.7. The van der Waals surface area contributed by atoms with Crippen molar-refractivity contribution in [3.63, 3.8) is 0 Å². The zero-order valence-electron chi connectivity index (χ0n) is 17.8. The van der Waals surface area contributed by atoms with E-state index in [0.29, 0.717) is 27.3 Å². The Morgan fingerprint density at radius 3 is 2.50 bits per heavy atom. The molecule has 1 aliphatic rings. The fourth-order valence-electron chi connectivity index (χ4n) is 3.31. The molecule has 1 atom stereocenters. The largest absolute Gasteiger partial charge is 0.366 e. The number of hydrogen-bond donors (Lipinski definition) is 3. The average Bonchev–Trinajstić information content (AvgIpc) is 3.45. The number of amides is 4. The Morgan fingerprint density at radius 1 is 1.06 bits per heavy atom. The first-order valence-corrected chi connectivity index (χ1v) is 12.0. The molecule has 1 saturated heterocycles. The standard InChI is InChI=1S/C22H20N6O4S2/c23-19(31)13-6-8-15(9-7-13)24-17(29)12-33-22-27-26-21(34-22)25-20(32)14-10-18(30)28(11-14)16-4-2-1-3-5-16/h1-9,14H,10-12H2,(H2,23,31)(H,24,29)(H,25,26,32)/t14-/m1/s1. The smallest absolute Gasteiger partial charge is 0.248 e. The highest BCUT2D eigenvalue weighted by Gasteiger charge is 2.35. The van der Waals surface area contributed by atoms with Crippen LogP contribution in [0.3, 0.4) is 0 Å². The van der Waals surface area contributed by atoms with E-state index in [1.165, 1.54) is 23.9 Å². The summed E-state index contributed by atoms with van der Waals surface area (Å²) in [6, 6.07) is 15.5. The zero-order valence-corrected chi connectivity index (χ0v) is 19.4. The van der Waals surface area contributed by atoms with Gasteiger partial charge in [-0.15, -0.1) is 10.2 Å². The number of benzene rings is 2. The van der Waals surface area contributed by atoms with Gasteiger partial charge in [0.2, 0.25) is 28.8 Å². The molecule has 0 radical (unpaired) electrons. The van der Waals surface area contributed by atoms with Crippen LogP contribution in [0.5, 0.6) is 0 Å². The number of aromatic nitrogens is 2. The van der Waals surface area contributed by atoms with Crippen molar-refractivity contribution in [2.45, 2.75) is 10.8 Å². The number of anilines is 3. The SMILES string of the molecule is NC(=O)c1ccc(NC(=O)CSc2nnc(NC(=O)[C@@H]3CC(=O)N(c4ccccc4)C3)s2)cc1. The van der Waals surface area contributed by atoms with Gasteiger partial charge in [-0.05, 0) is 36.4 Å². The summed E-state index contributed by atoms with van der Waals surface area (Å²) >= 11 is 2.33. The van der Waals surface area contributed by atoms with E-state index < -0.39 is 11.8 Å². The molecule has 34 heavy (non-hydrogen) atoms. The highest BCUT2D eigenvalue weighted by Crippen LogP contribution is 2.28. The van der Waals surface area contributed by atoms with Gasteiger partial charge in [0.25, 0.3) is 0 Å². The number of nitrogens with one attached hydrogen (secondary N) is 2. The Kier molecular flexibility index (Phi) is 7.18. The van der Waals surface area contributed by atoms with Gasteiger partial charge in [0.05, 0.1) is 11.7 Å². The lowest BCUT2D eigenvalue weighted by Crippen LogP contribution is -2.28. The van der Waals surface area contributed by atoms with Crippen molar-refractivity contribution in [2.24, 2.45) is 11.7 Å². The van der Waals surface area contributed by atoms with Crippen LogP contribution in [-0.2, 0) is 14.4 Å². The first-order valence-electron chi connectivity index (χ1n) is 10.2. The van der Waals surface area contributed by atoms with Crippen molar-refractivity contribution in [3.05, 3.63) is 60.2 Å². The molecule has 1 fully saturated rings. The van der Waals surface area contributed by atoms with Gasteiger partial charge in [-0.3, -0.25) is 19.2 Å². The van der Waals surface area contributed by atoms with Crippen LogP contribution in [0.15, 0.2) is 58.9 Å². The van der Waals surface area contributed by atoms with E-state index in [-0.39, 0.29) is 29.9 Å². The summed E-state index contributed by atoms with van der Waals surface area (Å²) in [5.74, 6) is -1.60. The first kappa shape index (κ1) is 23.4. The number of primary amides is 1. The fourth-order valence-corrected chi connectivity index (χ4v) is 4.86. The molecule has 0 unspecified atom stereocenters. The molecule has 4 N–H and O–H groups in total. The predicted octanol–water partition coefficient (Wildman–Crippen LogP) is 2.36. The molecule has 2 aromatic carbocycles. The molecule has 0 aliphatic carbocycles. The molecular formula is C22H20N6O4S2. The second-order valence-corrected chi connectivity index (χ2v) is 9.58. The third kappa shape index (κ3) is 5.77. The van der Waals surface area contributed by atoms with Crippen LogP contribution in [0, 0.1) is 5.92 Å². The van der Waals surface area contributed by atoms with Crippen LogP contribution < -0.4 is 21.3 Å². The van der Waals surface area contributed by atoms with E-state index in [4.69, 9.17) is 5.73 Å². The Morgan fingerprint density at radius 2 is 1.79 bits per heavy atom. The summed E-state index contributed by atoms with van der Waals surface area (Å²) < 4.78 is 0.517. The minimum Gasteiger partial charge on any atom is -0.366 e. The zero-order chi connectivity index (χ0) is 24.1. The molecule has 10 nitrogen and oxygen atoms in total. The molecule has 1 aliphatic heterocycles. The minimum atomic E-state index is -0.541. The van der Waals surface area contributed by atoms with Gasteiger partial charge in [0, 0.05) is 29.9 Å². The van der Waals surface area contributed by atoms with Gasteiger partial charge in [-0.2, -0.15) is 0 Å². The lowest BCUT2D eigenvalue weighted by molar-refractivity contribution is -0.122. The van der Waals surface area contributed by atoms with Crippen molar-refractivity contribution in [1.82, 2.24) is 10.2 Å². The van der Waals surface area contributed by atoms with Crippen molar-refractivity contribution < 1.29 is 19.2 Å². The maximum Gasteiger partial charge on any atom is 0.248 e. The summed E-state index contributed by atoms with van der Waals surface area (Å²) in [4.78, 5) is 49.8. The Balaban J connectivity index is 1.25. The Bertz CT molecular complexity index is 1220. The summed E-state index contributed by atoms with van der Waals surface area (Å²) in [6.45, 7) is 0.301. The van der Waals surface area contributed by atoms with Gasteiger partial charge in [-0.1, -0.05) is 41.3 Å². The summed E-state index contributed by atoms with van der Waals surface area (Å²) in [5.41, 5.74) is 6.85. The molecule has 12 heteroatoms. The van der Waals surface area contributed by atoms with Crippen molar-refractivity contribution >= 4 is 63.2 Å². The van der Waals surface area contributed by atoms with Crippen LogP contribution in [0.4, 0.5) is 16.5 Å². The van der Waals surface area contributed by atoms with Crippen LogP contribution >= 0.6 is 23.1 Å². The normalized spacial score (nSPS) is 15.2. The van der Waals surface area contributed by atoms with Gasteiger partial charge < -0.3 is 21.3 Å². The second-order valence-electron chi connectivity index (χ2n) is 7.38. The molecule has 4 amide bonds. The number of rotatable bonds is 8. The minimum absolute atomic E-state index is 0.0866. The lowest BCUT2D eigenvalue weighted by Gasteiger charge is -2.16. The quantitative estimate of drug-likeness (QED) is 0.320. The molecule has 0 saturated carbocycles. The third-order valence-electron chi connectivity index (χ3n) is 4.98. The van der Waals surface area contributed by atoms with Crippen molar-refractivity contribution in [1.29, 1.82) is 0 Å². The van der Waals surface area contributed by atoms with E-state index in [1.54, 1.807) is 17.0 Å². The first-order chi connectivity index (χ1) is 16.4. The highest BCUT2D eigenvalue weighted by molar-refractivity contribution is 8.01. The molecule has 174 valence electrons. The van der Waals surface area contributed by atoms with Gasteiger partial charge in [-0.25, -0.2) is 0 Å². The molecule has 3 aromatic rings. The van der Waals surface area contributed by atoms with Crippen LogP contribution in [0.25, 0.3) is 0 Å². The molecular weight excluding hydrogens is 476 g/mol. The van der Waals surface area contributed by atoms with Gasteiger partial charge >= 0.3 is 0 Å². The Labute approximate surface area is 202 Å².